The highest BCUT2D eigenvalue weighted by atomic mass is 35.5. The Morgan fingerprint density at radius 2 is 1.95 bits per heavy atom. The molecule has 0 aliphatic heterocycles. The van der Waals surface area contributed by atoms with E-state index in [1.54, 1.807) is 18.2 Å². The summed E-state index contributed by atoms with van der Waals surface area (Å²) < 4.78 is 19.1. The summed E-state index contributed by atoms with van der Waals surface area (Å²) in [6.45, 7) is 3.79. The Labute approximate surface area is 123 Å². The molecule has 0 aromatic heterocycles. The lowest BCUT2D eigenvalue weighted by molar-refractivity contribution is 0.465. The van der Waals surface area contributed by atoms with E-state index in [9.17, 15) is 4.39 Å². The molecule has 2 nitrogen and oxygen atoms in total. The lowest BCUT2D eigenvalue weighted by atomic mass is 10.1. The van der Waals surface area contributed by atoms with Crippen molar-refractivity contribution >= 4 is 11.6 Å². The summed E-state index contributed by atoms with van der Waals surface area (Å²) in [6.07, 6.45) is 0.668. The second kappa shape index (κ2) is 6.25. The molecule has 1 unspecified atom stereocenters. The molecule has 0 heterocycles. The van der Waals surface area contributed by atoms with E-state index in [1.165, 1.54) is 12.1 Å². The van der Waals surface area contributed by atoms with Crippen LogP contribution in [-0.4, -0.2) is 6.04 Å². The SMILES string of the molecule is Cc1ccc(F)cc1Oc1cc(Cl)ccc1CC(C)N. The van der Waals surface area contributed by atoms with E-state index in [-0.39, 0.29) is 11.9 Å². The summed E-state index contributed by atoms with van der Waals surface area (Å²) in [4.78, 5) is 0. The van der Waals surface area contributed by atoms with Gasteiger partial charge < -0.3 is 10.5 Å². The van der Waals surface area contributed by atoms with E-state index >= 15 is 0 Å². The van der Waals surface area contributed by atoms with Gasteiger partial charge in [0, 0.05) is 17.1 Å². The normalized spacial score (nSPS) is 12.2. The van der Waals surface area contributed by atoms with E-state index < -0.39 is 0 Å². The minimum Gasteiger partial charge on any atom is -0.457 e. The molecule has 0 amide bonds. The maximum atomic E-state index is 13.3. The Morgan fingerprint density at radius 1 is 1.20 bits per heavy atom. The van der Waals surface area contributed by atoms with Crippen LogP contribution >= 0.6 is 11.6 Å². The first-order valence-electron chi connectivity index (χ1n) is 6.43. The third-order valence-corrected chi connectivity index (χ3v) is 3.18. The number of ether oxygens (including phenoxy) is 1. The van der Waals surface area contributed by atoms with Crippen molar-refractivity contribution in [2.75, 3.05) is 0 Å². The molecule has 20 heavy (non-hydrogen) atoms. The van der Waals surface area contributed by atoms with Gasteiger partial charge in [-0.25, -0.2) is 4.39 Å². The first-order chi connectivity index (χ1) is 9.45. The van der Waals surface area contributed by atoms with Crippen LogP contribution in [0.3, 0.4) is 0 Å². The van der Waals surface area contributed by atoms with E-state index in [0.717, 1.165) is 11.1 Å². The zero-order valence-electron chi connectivity index (χ0n) is 11.5. The number of nitrogens with two attached hydrogens (primary N) is 1. The van der Waals surface area contributed by atoms with Gasteiger partial charge in [0.15, 0.2) is 0 Å². The molecular formula is C16H17ClFNO. The van der Waals surface area contributed by atoms with E-state index in [4.69, 9.17) is 22.1 Å². The Hall–Kier alpha value is -1.58. The van der Waals surface area contributed by atoms with Crippen molar-refractivity contribution in [3.05, 3.63) is 58.4 Å². The first-order valence-corrected chi connectivity index (χ1v) is 6.81. The van der Waals surface area contributed by atoms with Crippen molar-refractivity contribution in [3.63, 3.8) is 0 Å². The van der Waals surface area contributed by atoms with Gasteiger partial charge in [-0.1, -0.05) is 23.7 Å². The van der Waals surface area contributed by atoms with Crippen LogP contribution in [0, 0.1) is 12.7 Å². The zero-order valence-corrected chi connectivity index (χ0v) is 12.2. The number of hydrogen-bond donors (Lipinski definition) is 1. The van der Waals surface area contributed by atoms with E-state index in [0.29, 0.717) is 22.9 Å². The van der Waals surface area contributed by atoms with Crippen LogP contribution in [0.2, 0.25) is 5.02 Å². The predicted molar refractivity (Wildman–Crippen MR) is 80.0 cm³/mol. The van der Waals surface area contributed by atoms with Crippen molar-refractivity contribution in [1.82, 2.24) is 0 Å². The van der Waals surface area contributed by atoms with Crippen molar-refractivity contribution in [2.45, 2.75) is 26.3 Å². The number of aryl methyl sites for hydroxylation is 1. The maximum absolute atomic E-state index is 13.3. The lowest BCUT2D eigenvalue weighted by Gasteiger charge is -2.14. The number of benzene rings is 2. The first kappa shape index (κ1) is 14.8. The van der Waals surface area contributed by atoms with Gasteiger partial charge >= 0.3 is 0 Å². The van der Waals surface area contributed by atoms with E-state index in [1.807, 2.05) is 19.9 Å². The quantitative estimate of drug-likeness (QED) is 0.902. The minimum atomic E-state index is -0.332. The van der Waals surface area contributed by atoms with Gasteiger partial charge in [0.1, 0.15) is 17.3 Å². The van der Waals surface area contributed by atoms with Gasteiger partial charge in [-0.15, -0.1) is 0 Å². The minimum absolute atomic E-state index is 0.00660. The highest BCUT2D eigenvalue weighted by Crippen LogP contribution is 2.31. The van der Waals surface area contributed by atoms with Gasteiger partial charge in [0.2, 0.25) is 0 Å². The molecule has 4 heteroatoms. The van der Waals surface area contributed by atoms with Gasteiger partial charge in [-0.3, -0.25) is 0 Å². The average molecular weight is 294 g/mol. The Balaban J connectivity index is 2.36. The summed E-state index contributed by atoms with van der Waals surface area (Å²) in [5.74, 6) is 0.767. The summed E-state index contributed by atoms with van der Waals surface area (Å²) >= 11 is 6.01. The highest BCUT2D eigenvalue weighted by Gasteiger charge is 2.10. The lowest BCUT2D eigenvalue weighted by Crippen LogP contribution is -2.18. The van der Waals surface area contributed by atoms with Crippen LogP contribution in [0.5, 0.6) is 11.5 Å². The monoisotopic (exact) mass is 293 g/mol. The fourth-order valence-electron chi connectivity index (χ4n) is 1.94. The third kappa shape index (κ3) is 3.71. The smallest absolute Gasteiger partial charge is 0.133 e. The van der Waals surface area contributed by atoms with Gasteiger partial charge in [-0.2, -0.15) is 0 Å². The van der Waals surface area contributed by atoms with Gasteiger partial charge in [-0.05, 0) is 49.6 Å². The Bertz CT molecular complexity index is 613. The standard InChI is InChI=1S/C16H17ClFNO/c1-10-3-6-14(18)9-15(10)20-16-8-13(17)5-4-12(16)7-11(2)19/h3-6,8-9,11H,7,19H2,1-2H3. The molecule has 2 aromatic carbocycles. The molecule has 0 bridgehead atoms. The molecule has 0 aliphatic rings. The zero-order chi connectivity index (χ0) is 14.7. The molecule has 1 atom stereocenters. The third-order valence-electron chi connectivity index (χ3n) is 2.94. The summed E-state index contributed by atoms with van der Waals surface area (Å²) in [5, 5.41) is 0.572. The van der Waals surface area contributed by atoms with Crippen molar-refractivity contribution in [3.8, 4) is 11.5 Å². The molecular weight excluding hydrogens is 277 g/mol. The highest BCUT2D eigenvalue weighted by molar-refractivity contribution is 6.30. The molecule has 0 aliphatic carbocycles. The molecule has 0 radical (unpaired) electrons. The fourth-order valence-corrected chi connectivity index (χ4v) is 2.10. The number of hydrogen-bond acceptors (Lipinski definition) is 2. The molecule has 2 N–H and O–H groups in total. The van der Waals surface area contributed by atoms with Crippen LogP contribution in [0.1, 0.15) is 18.1 Å². The molecule has 2 rings (SSSR count). The summed E-state index contributed by atoms with van der Waals surface area (Å²) in [5.41, 5.74) is 7.64. The van der Waals surface area contributed by atoms with Crippen LogP contribution < -0.4 is 10.5 Å². The summed E-state index contributed by atoms with van der Waals surface area (Å²) in [7, 11) is 0. The second-order valence-corrected chi connectivity index (χ2v) is 5.38. The molecule has 0 fully saturated rings. The topological polar surface area (TPSA) is 35.2 Å². The molecule has 0 saturated heterocycles. The Kier molecular flexibility index (Phi) is 4.63. The number of rotatable bonds is 4. The predicted octanol–water partition coefficient (Wildman–Crippen LogP) is 4.47. The van der Waals surface area contributed by atoms with Crippen molar-refractivity contribution < 1.29 is 9.13 Å². The fraction of sp³-hybridized carbons (Fsp3) is 0.250. The molecule has 2 aromatic rings. The Morgan fingerprint density at radius 3 is 2.65 bits per heavy atom. The van der Waals surface area contributed by atoms with E-state index in [2.05, 4.69) is 0 Å². The number of halogens is 2. The maximum Gasteiger partial charge on any atom is 0.133 e. The van der Waals surface area contributed by atoms with Gasteiger partial charge in [0.25, 0.3) is 0 Å². The average Bonchev–Trinajstić information content (AvgIpc) is 2.37. The van der Waals surface area contributed by atoms with Crippen LogP contribution in [0.4, 0.5) is 4.39 Å². The largest absolute Gasteiger partial charge is 0.457 e. The van der Waals surface area contributed by atoms with Crippen molar-refractivity contribution in [2.24, 2.45) is 5.73 Å². The van der Waals surface area contributed by atoms with Crippen molar-refractivity contribution in [1.29, 1.82) is 0 Å². The second-order valence-electron chi connectivity index (χ2n) is 4.95. The molecule has 106 valence electrons. The van der Waals surface area contributed by atoms with Crippen LogP contribution in [0.15, 0.2) is 36.4 Å². The summed E-state index contributed by atoms with van der Waals surface area (Å²) in [6, 6.07) is 9.87. The van der Waals surface area contributed by atoms with Crippen LogP contribution in [0.25, 0.3) is 0 Å². The molecule has 0 saturated carbocycles. The van der Waals surface area contributed by atoms with Crippen LogP contribution in [-0.2, 0) is 6.42 Å². The van der Waals surface area contributed by atoms with Gasteiger partial charge in [0.05, 0.1) is 0 Å². The molecule has 0 spiro atoms.